The van der Waals surface area contributed by atoms with E-state index in [0.29, 0.717) is 23.7 Å². The Kier molecular flexibility index (Phi) is 5.40. The highest BCUT2D eigenvalue weighted by Gasteiger charge is 2.11. The van der Waals surface area contributed by atoms with Crippen molar-refractivity contribution in [2.24, 2.45) is 5.73 Å². The maximum Gasteiger partial charge on any atom is 0.253 e. The van der Waals surface area contributed by atoms with Crippen molar-refractivity contribution in [2.75, 3.05) is 6.54 Å². The Morgan fingerprint density at radius 3 is 3.05 bits per heavy atom. The molecule has 1 aromatic carbocycles. The Bertz CT molecular complexity index is 713. The molecule has 1 amide bonds. The Morgan fingerprint density at radius 1 is 1.48 bits per heavy atom. The Hall–Kier alpha value is -1.80. The average molecular weight is 319 g/mol. The first kappa shape index (κ1) is 15.6. The maximum atomic E-state index is 12.1. The zero-order valence-corrected chi connectivity index (χ0v) is 13.1. The van der Waals surface area contributed by atoms with Crippen molar-refractivity contribution in [3.63, 3.8) is 0 Å². The van der Waals surface area contributed by atoms with Crippen molar-refractivity contribution < 1.29 is 4.79 Å². The van der Waals surface area contributed by atoms with Crippen LogP contribution in [0.2, 0.25) is 5.02 Å². The molecule has 0 fully saturated rings. The van der Waals surface area contributed by atoms with E-state index < -0.39 is 0 Å². The minimum absolute atomic E-state index is 0.174. The largest absolute Gasteiger partial charge is 0.347 e. The first-order chi connectivity index (χ1) is 10.1. The molecular formula is C16H15ClN2OS. The van der Waals surface area contributed by atoms with Crippen LogP contribution in [-0.4, -0.2) is 12.5 Å². The molecule has 0 atom stereocenters. The van der Waals surface area contributed by atoms with E-state index in [-0.39, 0.29) is 5.91 Å². The van der Waals surface area contributed by atoms with Crippen LogP contribution in [-0.2, 0) is 6.54 Å². The number of hydrogen-bond donors (Lipinski definition) is 2. The van der Waals surface area contributed by atoms with Gasteiger partial charge >= 0.3 is 0 Å². The molecule has 0 saturated heterocycles. The van der Waals surface area contributed by atoms with Crippen LogP contribution in [0.3, 0.4) is 0 Å². The van der Waals surface area contributed by atoms with Crippen molar-refractivity contribution >= 4 is 28.8 Å². The van der Waals surface area contributed by atoms with Crippen LogP contribution >= 0.6 is 22.9 Å². The third-order valence-electron chi connectivity index (χ3n) is 2.85. The lowest BCUT2D eigenvalue weighted by Crippen LogP contribution is -2.22. The molecule has 5 heteroatoms. The predicted octanol–water partition coefficient (Wildman–Crippen LogP) is 2.95. The number of rotatable bonds is 3. The highest BCUT2D eigenvalue weighted by atomic mass is 35.5. The lowest BCUT2D eigenvalue weighted by Gasteiger charge is -2.07. The summed E-state index contributed by atoms with van der Waals surface area (Å²) < 4.78 is 0. The van der Waals surface area contributed by atoms with Gasteiger partial charge in [0.2, 0.25) is 0 Å². The Balaban J connectivity index is 2.01. The fourth-order valence-electron chi connectivity index (χ4n) is 1.78. The molecular weight excluding hydrogens is 304 g/mol. The van der Waals surface area contributed by atoms with Gasteiger partial charge in [-0.05, 0) is 24.6 Å². The Morgan fingerprint density at radius 2 is 2.29 bits per heavy atom. The average Bonchev–Trinajstić information content (AvgIpc) is 2.93. The molecule has 0 saturated carbocycles. The van der Waals surface area contributed by atoms with Crippen LogP contribution in [0.1, 0.15) is 26.4 Å². The summed E-state index contributed by atoms with van der Waals surface area (Å²) in [7, 11) is 0. The smallest absolute Gasteiger partial charge is 0.253 e. The third-order valence-corrected chi connectivity index (χ3v) is 4.29. The van der Waals surface area contributed by atoms with Crippen LogP contribution in [0.25, 0.3) is 0 Å². The molecule has 3 N–H and O–H groups in total. The van der Waals surface area contributed by atoms with Gasteiger partial charge in [-0.15, -0.1) is 11.3 Å². The van der Waals surface area contributed by atoms with Gasteiger partial charge in [-0.2, -0.15) is 0 Å². The number of benzene rings is 1. The molecule has 0 aliphatic carbocycles. The Labute approximate surface area is 133 Å². The lowest BCUT2D eigenvalue weighted by atomic mass is 10.1. The third kappa shape index (κ3) is 4.08. The molecule has 21 heavy (non-hydrogen) atoms. The topological polar surface area (TPSA) is 55.1 Å². The number of halogens is 1. The predicted molar refractivity (Wildman–Crippen MR) is 87.6 cm³/mol. The van der Waals surface area contributed by atoms with Gasteiger partial charge in [0, 0.05) is 15.8 Å². The van der Waals surface area contributed by atoms with Gasteiger partial charge in [0.1, 0.15) is 0 Å². The van der Waals surface area contributed by atoms with Gasteiger partial charge in [-0.25, -0.2) is 0 Å². The van der Waals surface area contributed by atoms with Gasteiger partial charge in [-0.3, -0.25) is 4.79 Å². The standard InChI is InChI=1S/C16H15ClN2OS/c1-11-4-2-6-14(15(11)17)16(20)19-9-13-8-12(10-21-13)5-3-7-18/h2,4,6,8,10H,7,9,18H2,1H3,(H,19,20). The van der Waals surface area contributed by atoms with Gasteiger partial charge in [0.05, 0.1) is 23.7 Å². The first-order valence-electron chi connectivity index (χ1n) is 6.41. The van der Waals surface area contributed by atoms with Crippen molar-refractivity contribution in [1.29, 1.82) is 0 Å². The highest BCUT2D eigenvalue weighted by molar-refractivity contribution is 7.10. The number of carbonyl (C=O) groups is 1. The summed E-state index contributed by atoms with van der Waals surface area (Å²) in [5.41, 5.74) is 7.64. The van der Waals surface area contributed by atoms with E-state index in [2.05, 4.69) is 17.2 Å². The summed E-state index contributed by atoms with van der Waals surface area (Å²) in [6, 6.07) is 7.37. The summed E-state index contributed by atoms with van der Waals surface area (Å²) in [6.07, 6.45) is 0. The van der Waals surface area contributed by atoms with Gasteiger partial charge in [0.15, 0.2) is 0 Å². The normalized spacial score (nSPS) is 9.86. The van der Waals surface area contributed by atoms with Gasteiger partial charge < -0.3 is 11.1 Å². The van der Waals surface area contributed by atoms with Crippen LogP contribution in [0, 0.1) is 18.8 Å². The van der Waals surface area contributed by atoms with Crippen LogP contribution < -0.4 is 11.1 Å². The first-order valence-corrected chi connectivity index (χ1v) is 7.67. The molecule has 108 valence electrons. The van der Waals surface area contributed by atoms with E-state index in [1.54, 1.807) is 17.4 Å². The lowest BCUT2D eigenvalue weighted by molar-refractivity contribution is 0.0951. The molecule has 0 aliphatic heterocycles. The summed E-state index contributed by atoms with van der Waals surface area (Å²) >= 11 is 7.70. The second-order valence-electron chi connectivity index (χ2n) is 4.43. The molecule has 0 unspecified atom stereocenters. The number of aryl methyl sites for hydroxylation is 1. The van der Waals surface area contributed by atoms with Crippen molar-refractivity contribution in [3.05, 3.63) is 56.2 Å². The highest BCUT2D eigenvalue weighted by Crippen LogP contribution is 2.20. The number of hydrogen-bond acceptors (Lipinski definition) is 3. The molecule has 0 aliphatic rings. The SMILES string of the molecule is Cc1cccc(C(=O)NCc2cc(C#CCN)cs2)c1Cl. The number of nitrogens with two attached hydrogens (primary N) is 1. The van der Waals surface area contributed by atoms with Crippen LogP contribution in [0.4, 0.5) is 0 Å². The summed E-state index contributed by atoms with van der Waals surface area (Å²) in [5, 5.41) is 5.31. The number of thiophene rings is 1. The zero-order chi connectivity index (χ0) is 15.2. The molecule has 0 radical (unpaired) electrons. The summed E-state index contributed by atoms with van der Waals surface area (Å²) in [5.74, 6) is 5.59. The van der Waals surface area contributed by atoms with E-state index in [4.69, 9.17) is 17.3 Å². The van der Waals surface area contributed by atoms with Crippen molar-refractivity contribution in [1.82, 2.24) is 5.32 Å². The van der Waals surface area contributed by atoms with Crippen molar-refractivity contribution in [3.8, 4) is 11.8 Å². The molecule has 0 spiro atoms. The van der Waals surface area contributed by atoms with E-state index in [9.17, 15) is 4.79 Å². The van der Waals surface area contributed by atoms with Gasteiger partial charge in [0.25, 0.3) is 5.91 Å². The van der Waals surface area contributed by atoms with E-state index in [0.717, 1.165) is 16.0 Å². The molecule has 0 bridgehead atoms. The summed E-state index contributed by atoms with van der Waals surface area (Å²) in [6.45, 7) is 2.67. The number of nitrogens with one attached hydrogen (secondary N) is 1. The fraction of sp³-hybridized carbons (Fsp3) is 0.188. The van der Waals surface area contributed by atoms with E-state index in [1.807, 2.05) is 30.5 Å². The fourth-order valence-corrected chi connectivity index (χ4v) is 2.75. The van der Waals surface area contributed by atoms with Gasteiger partial charge in [-0.1, -0.05) is 35.6 Å². The molecule has 3 nitrogen and oxygen atoms in total. The van der Waals surface area contributed by atoms with Crippen molar-refractivity contribution in [2.45, 2.75) is 13.5 Å². The molecule has 1 heterocycles. The minimum atomic E-state index is -0.174. The number of amides is 1. The summed E-state index contributed by atoms with van der Waals surface area (Å²) in [4.78, 5) is 13.2. The molecule has 2 aromatic rings. The maximum absolute atomic E-state index is 12.1. The minimum Gasteiger partial charge on any atom is -0.347 e. The monoisotopic (exact) mass is 318 g/mol. The second kappa shape index (κ2) is 7.28. The van der Waals surface area contributed by atoms with E-state index >= 15 is 0 Å². The quantitative estimate of drug-likeness (QED) is 0.855. The number of carbonyl (C=O) groups excluding carboxylic acids is 1. The second-order valence-corrected chi connectivity index (χ2v) is 5.80. The van der Waals surface area contributed by atoms with E-state index in [1.165, 1.54) is 0 Å². The molecule has 2 rings (SSSR count). The molecule has 1 aromatic heterocycles. The van der Waals surface area contributed by atoms with Crippen LogP contribution in [0.5, 0.6) is 0 Å². The van der Waals surface area contributed by atoms with Crippen LogP contribution in [0.15, 0.2) is 29.6 Å². The zero-order valence-electron chi connectivity index (χ0n) is 11.6.